The molecule has 0 saturated carbocycles. The molecule has 9 heteroatoms. The van der Waals surface area contributed by atoms with Gasteiger partial charge < -0.3 is 4.74 Å². The number of hydrogen-bond donors (Lipinski definition) is 0. The van der Waals surface area contributed by atoms with E-state index < -0.39 is 30.6 Å². The van der Waals surface area contributed by atoms with Gasteiger partial charge in [0.05, 0.1) is 15.4 Å². The van der Waals surface area contributed by atoms with Crippen molar-refractivity contribution in [3.05, 3.63) is 46.5 Å². The number of para-hydroxylation sites is 1. The molecule has 4 rings (SSSR count). The van der Waals surface area contributed by atoms with Gasteiger partial charge in [0.25, 0.3) is 5.69 Å². The summed E-state index contributed by atoms with van der Waals surface area (Å²) in [6, 6.07) is 5.41. The summed E-state index contributed by atoms with van der Waals surface area (Å²) < 4.78 is 32.6. The van der Waals surface area contributed by atoms with Crippen LogP contribution in [0.4, 0.5) is 5.69 Å². The van der Waals surface area contributed by atoms with Crippen LogP contribution in [0.1, 0.15) is 6.42 Å². The Balaban J connectivity index is 1.75. The van der Waals surface area contributed by atoms with Gasteiger partial charge in [-0.2, -0.15) is 4.31 Å². The highest BCUT2D eigenvalue weighted by atomic mass is 79.9. The van der Waals surface area contributed by atoms with Gasteiger partial charge >= 0.3 is 0 Å². The van der Waals surface area contributed by atoms with Gasteiger partial charge in [-0.05, 0) is 12.5 Å². The van der Waals surface area contributed by atoms with Crippen LogP contribution in [0.3, 0.4) is 0 Å². The van der Waals surface area contributed by atoms with Gasteiger partial charge in [0, 0.05) is 19.2 Å². The third kappa shape index (κ3) is 1.97. The van der Waals surface area contributed by atoms with Crippen LogP contribution in [-0.2, 0) is 14.8 Å². The second kappa shape index (κ2) is 4.62. The molecule has 3 aliphatic rings. The van der Waals surface area contributed by atoms with Crippen molar-refractivity contribution in [1.29, 1.82) is 0 Å². The summed E-state index contributed by atoms with van der Waals surface area (Å²) in [5.74, 6) is 0. The molecule has 0 unspecified atom stereocenters. The fourth-order valence-electron chi connectivity index (χ4n) is 3.63. The standard InChI is InChI=1S/C14H13BrN2O5S/c15-13-7-10-5-6-14(13,22-10)9-16(8-13)23(20,21)12-4-2-1-3-11(12)17(18)19/h1-6,10H,7-9H2/t10-,13-,14-/m1/s1. The Bertz CT molecular complexity index is 841. The fourth-order valence-corrected chi connectivity index (χ4v) is 6.46. The first kappa shape index (κ1) is 15.3. The van der Waals surface area contributed by atoms with E-state index >= 15 is 0 Å². The highest BCUT2D eigenvalue weighted by molar-refractivity contribution is 9.10. The van der Waals surface area contributed by atoms with E-state index in [0.717, 1.165) is 0 Å². The third-order valence-corrected chi connectivity index (χ3v) is 7.83. The van der Waals surface area contributed by atoms with Crippen molar-refractivity contribution < 1.29 is 18.1 Å². The molecule has 3 heterocycles. The molecule has 2 bridgehead atoms. The number of hydrogen-bond acceptors (Lipinski definition) is 5. The lowest BCUT2D eigenvalue weighted by molar-refractivity contribution is -0.387. The van der Waals surface area contributed by atoms with Crippen molar-refractivity contribution in [2.75, 3.05) is 13.1 Å². The molecule has 0 N–H and O–H groups in total. The van der Waals surface area contributed by atoms with Crippen LogP contribution < -0.4 is 0 Å². The maximum atomic E-state index is 12.9. The molecule has 0 radical (unpaired) electrons. The monoisotopic (exact) mass is 400 g/mol. The lowest BCUT2D eigenvalue weighted by Crippen LogP contribution is -2.43. The average Bonchev–Trinajstić information content (AvgIpc) is 3.10. The average molecular weight is 401 g/mol. The minimum Gasteiger partial charge on any atom is -0.361 e. The van der Waals surface area contributed by atoms with Gasteiger partial charge in [-0.15, -0.1) is 0 Å². The van der Waals surface area contributed by atoms with Crippen LogP contribution >= 0.6 is 15.9 Å². The van der Waals surface area contributed by atoms with Gasteiger partial charge in [0.15, 0.2) is 4.90 Å². The third-order valence-electron chi connectivity index (χ3n) is 4.74. The van der Waals surface area contributed by atoms with Gasteiger partial charge in [-0.25, -0.2) is 8.42 Å². The smallest absolute Gasteiger partial charge is 0.289 e. The summed E-state index contributed by atoms with van der Waals surface area (Å²) in [7, 11) is -3.98. The van der Waals surface area contributed by atoms with Crippen LogP contribution in [0.2, 0.25) is 0 Å². The maximum absolute atomic E-state index is 12.9. The number of nitrogens with zero attached hydrogens (tertiary/aromatic N) is 2. The highest BCUT2D eigenvalue weighted by Crippen LogP contribution is 2.56. The number of rotatable bonds is 3. The second-order valence-electron chi connectivity index (χ2n) is 6.07. The van der Waals surface area contributed by atoms with Crippen LogP contribution in [0, 0.1) is 10.1 Å². The topological polar surface area (TPSA) is 89.8 Å². The lowest BCUT2D eigenvalue weighted by Gasteiger charge is -2.29. The van der Waals surface area contributed by atoms with Gasteiger partial charge in [0.1, 0.15) is 5.60 Å². The number of ether oxygens (including phenoxy) is 1. The molecule has 122 valence electrons. The zero-order valence-electron chi connectivity index (χ0n) is 11.9. The Morgan fingerprint density at radius 3 is 2.74 bits per heavy atom. The van der Waals surface area contributed by atoms with E-state index in [2.05, 4.69) is 15.9 Å². The van der Waals surface area contributed by atoms with E-state index in [1.807, 2.05) is 12.2 Å². The molecule has 1 aromatic carbocycles. The summed E-state index contributed by atoms with van der Waals surface area (Å²) in [4.78, 5) is 10.2. The van der Waals surface area contributed by atoms with Crippen molar-refractivity contribution >= 4 is 31.6 Å². The first-order valence-electron chi connectivity index (χ1n) is 7.07. The Morgan fingerprint density at radius 1 is 1.35 bits per heavy atom. The predicted octanol–water partition coefficient (Wildman–Crippen LogP) is 1.83. The number of halogens is 1. The molecule has 1 spiro atoms. The number of nitro groups is 1. The van der Waals surface area contributed by atoms with Crippen molar-refractivity contribution in [2.24, 2.45) is 0 Å². The molecule has 7 nitrogen and oxygen atoms in total. The summed E-state index contributed by atoms with van der Waals surface area (Å²) in [5, 5.41) is 11.1. The maximum Gasteiger partial charge on any atom is 0.289 e. The Kier molecular flexibility index (Phi) is 3.07. The second-order valence-corrected chi connectivity index (χ2v) is 9.50. The van der Waals surface area contributed by atoms with E-state index in [1.165, 1.54) is 28.6 Å². The number of fused-ring (bicyclic) bond motifs is 1. The lowest BCUT2D eigenvalue weighted by atomic mass is 9.86. The van der Waals surface area contributed by atoms with E-state index in [9.17, 15) is 18.5 Å². The summed E-state index contributed by atoms with van der Waals surface area (Å²) >= 11 is 3.66. The Hall–Kier alpha value is -1.29. The van der Waals surface area contributed by atoms with Crippen LogP contribution in [0.15, 0.2) is 41.3 Å². The van der Waals surface area contributed by atoms with Crippen LogP contribution in [0.5, 0.6) is 0 Å². The van der Waals surface area contributed by atoms with Gasteiger partial charge in [-0.1, -0.05) is 40.2 Å². The Morgan fingerprint density at radius 2 is 2.09 bits per heavy atom. The molecule has 3 aliphatic heterocycles. The first-order chi connectivity index (χ1) is 10.8. The van der Waals surface area contributed by atoms with Gasteiger partial charge in [-0.3, -0.25) is 10.1 Å². The summed E-state index contributed by atoms with van der Waals surface area (Å²) in [6.45, 7) is 0.377. The predicted molar refractivity (Wildman–Crippen MR) is 84.9 cm³/mol. The minimum absolute atomic E-state index is 0.00490. The number of benzene rings is 1. The first-order valence-corrected chi connectivity index (χ1v) is 9.30. The zero-order chi connectivity index (χ0) is 16.5. The SMILES string of the molecule is O=[N+]([O-])c1ccccc1S(=O)(=O)N1C[C@]2(Br)C[C@H]3C=C[C@]2(C1)O3. The fraction of sp³-hybridized carbons (Fsp3) is 0.429. The molecule has 2 saturated heterocycles. The Labute approximate surface area is 141 Å². The van der Waals surface area contributed by atoms with Crippen LogP contribution in [0.25, 0.3) is 0 Å². The number of alkyl halides is 1. The largest absolute Gasteiger partial charge is 0.361 e. The number of nitro benzene ring substituents is 1. The summed E-state index contributed by atoms with van der Waals surface area (Å²) in [6.07, 6.45) is 4.54. The molecule has 0 aliphatic carbocycles. The molecular formula is C14H13BrN2O5S. The van der Waals surface area contributed by atoms with E-state index in [-0.39, 0.29) is 24.1 Å². The molecule has 0 amide bonds. The molecule has 3 atom stereocenters. The quantitative estimate of drug-likeness (QED) is 0.334. The highest BCUT2D eigenvalue weighted by Gasteiger charge is 2.66. The van der Waals surface area contributed by atoms with Gasteiger partial charge in [0.2, 0.25) is 10.0 Å². The molecular weight excluding hydrogens is 388 g/mol. The van der Waals surface area contributed by atoms with Crippen molar-refractivity contribution in [3.8, 4) is 0 Å². The van der Waals surface area contributed by atoms with E-state index in [0.29, 0.717) is 6.42 Å². The zero-order valence-corrected chi connectivity index (χ0v) is 14.3. The molecule has 2 fully saturated rings. The van der Waals surface area contributed by atoms with E-state index in [4.69, 9.17) is 4.74 Å². The normalized spacial score (nSPS) is 35.6. The molecule has 23 heavy (non-hydrogen) atoms. The van der Waals surface area contributed by atoms with E-state index in [1.54, 1.807) is 0 Å². The number of sulfonamides is 1. The summed E-state index contributed by atoms with van der Waals surface area (Å²) in [5.41, 5.74) is -1.10. The molecule has 0 aromatic heterocycles. The van der Waals surface area contributed by atoms with Crippen molar-refractivity contribution in [2.45, 2.75) is 27.3 Å². The van der Waals surface area contributed by atoms with Crippen molar-refractivity contribution in [1.82, 2.24) is 4.31 Å². The molecule has 1 aromatic rings. The minimum atomic E-state index is -3.98. The van der Waals surface area contributed by atoms with Crippen LogP contribution in [-0.4, -0.2) is 46.8 Å². The van der Waals surface area contributed by atoms with Crippen molar-refractivity contribution in [3.63, 3.8) is 0 Å².